The van der Waals surface area contributed by atoms with E-state index in [-0.39, 0.29) is 30.6 Å². The number of rotatable bonds is 7. The van der Waals surface area contributed by atoms with E-state index in [1.807, 2.05) is 32.3 Å². The highest BCUT2D eigenvalue weighted by Crippen LogP contribution is 2.27. The van der Waals surface area contributed by atoms with Crippen LogP contribution in [0.4, 0.5) is 0 Å². The quantitative estimate of drug-likeness (QED) is 0.654. The van der Waals surface area contributed by atoms with Crippen LogP contribution in [-0.4, -0.2) is 69.7 Å². The first kappa shape index (κ1) is 24.7. The first-order valence-electron chi connectivity index (χ1n) is 11.6. The van der Waals surface area contributed by atoms with E-state index in [0.717, 1.165) is 24.9 Å². The van der Waals surface area contributed by atoms with Crippen molar-refractivity contribution in [1.82, 2.24) is 19.8 Å². The summed E-state index contributed by atoms with van der Waals surface area (Å²) in [7, 11) is 2.04. The summed E-state index contributed by atoms with van der Waals surface area (Å²) in [5.41, 5.74) is 2.21. The van der Waals surface area contributed by atoms with Gasteiger partial charge >= 0.3 is 0 Å². The van der Waals surface area contributed by atoms with Crippen LogP contribution in [-0.2, 0) is 6.54 Å². The van der Waals surface area contributed by atoms with Crippen molar-refractivity contribution in [3.63, 3.8) is 0 Å². The Morgan fingerprint density at radius 1 is 1.39 bits per heavy atom. The Balaban J connectivity index is 1.89. The second-order valence-electron chi connectivity index (χ2n) is 8.81. The van der Waals surface area contributed by atoms with Gasteiger partial charge in [-0.2, -0.15) is 0 Å². The molecule has 1 amide bonds. The van der Waals surface area contributed by atoms with Crippen molar-refractivity contribution in [3.8, 4) is 17.7 Å². The topological polar surface area (TPSA) is 78.8 Å². The number of unbranched alkanes of at least 4 members (excludes halogenated alkanes) is 1. The Hall–Kier alpha value is -2.95. The zero-order valence-electron chi connectivity index (χ0n) is 20.0. The van der Waals surface area contributed by atoms with Crippen molar-refractivity contribution in [2.75, 3.05) is 26.7 Å². The molecule has 0 radical (unpaired) electrons. The van der Waals surface area contributed by atoms with E-state index in [4.69, 9.17) is 4.74 Å². The van der Waals surface area contributed by atoms with Crippen LogP contribution in [0.5, 0.6) is 5.88 Å². The molecule has 176 valence electrons. The molecule has 33 heavy (non-hydrogen) atoms. The number of aromatic nitrogens is 2. The van der Waals surface area contributed by atoms with E-state index in [1.54, 1.807) is 23.4 Å². The van der Waals surface area contributed by atoms with Crippen LogP contribution in [0, 0.1) is 17.8 Å². The molecule has 7 heteroatoms. The molecule has 0 unspecified atom stereocenters. The third-order valence-corrected chi connectivity index (χ3v) is 5.80. The molecule has 3 heterocycles. The molecule has 0 fully saturated rings. The van der Waals surface area contributed by atoms with Crippen LogP contribution in [0.15, 0.2) is 36.8 Å². The molecule has 0 aliphatic carbocycles. The largest absolute Gasteiger partial charge is 0.472 e. The summed E-state index contributed by atoms with van der Waals surface area (Å²) in [5, 5.41) is 9.80. The number of aliphatic hydroxyl groups excluding tert-OH is 1. The first-order valence-corrected chi connectivity index (χ1v) is 11.6. The predicted octanol–water partition coefficient (Wildman–Crippen LogP) is 2.98. The van der Waals surface area contributed by atoms with Crippen LogP contribution in [0.3, 0.4) is 0 Å². The Labute approximate surface area is 196 Å². The number of hydrogen-bond acceptors (Lipinski definition) is 6. The number of likely N-dealkylation sites (N-methyl/N-ethyl adjacent to an activating group) is 1. The van der Waals surface area contributed by atoms with Gasteiger partial charge in [0.05, 0.1) is 12.6 Å². The van der Waals surface area contributed by atoms with E-state index >= 15 is 0 Å². The average Bonchev–Trinajstić information content (AvgIpc) is 2.82. The van der Waals surface area contributed by atoms with Gasteiger partial charge < -0.3 is 14.7 Å². The molecule has 1 aliphatic rings. The van der Waals surface area contributed by atoms with Gasteiger partial charge in [-0.1, -0.05) is 31.8 Å². The number of amides is 1. The molecule has 1 aliphatic heterocycles. The van der Waals surface area contributed by atoms with Crippen molar-refractivity contribution < 1.29 is 14.6 Å². The fourth-order valence-corrected chi connectivity index (χ4v) is 3.85. The molecule has 0 aromatic carbocycles. The van der Waals surface area contributed by atoms with Gasteiger partial charge in [-0.3, -0.25) is 14.7 Å². The Bertz CT molecular complexity index is 986. The Kier molecular flexibility index (Phi) is 8.81. The van der Waals surface area contributed by atoms with Crippen LogP contribution < -0.4 is 4.74 Å². The highest BCUT2D eigenvalue weighted by atomic mass is 16.5. The molecule has 0 spiro atoms. The Morgan fingerprint density at radius 2 is 2.21 bits per heavy atom. The summed E-state index contributed by atoms with van der Waals surface area (Å²) in [6.07, 6.45) is 6.87. The number of fused-ring (bicyclic) bond motifs is 1. The van der Waals surface area contributed by atoms with Gasteiger partial charge in [0.2, 0.25) is 5.88 Å². The van der Waals surface area contributed by atoms with Crippen LogP contribution in [0.1, 0.15) is 55.1 Å². The maximum atomic E-state index is 13.4. The van der Waals surface area contributed by atoms with E-state index < -0.39 is 0 Å². The minimum absolute atomic E-state index is 0.0401. The number of ether oxygens (including phenoxy) is 1. The number of hydrogen-bond donors (Lipinski definition) is 1. The normalized spacial score (nSPS) is 19.1. The van der Waals surface area contributed by atoms with E-state index in [0.29, 0.717) is 30.1 Å². The summed E-state index contributed by atoms with van der Waals surface area (Å²) in [5.74, 6) is 6.37. The van der Waals surface area contributed by atoms with Crippen LogP contribution in [0.2, 0.25) is 0 Å². The molecule has 0 bridgehead atoms. The number of carbonyl (C=O) groups excluding carboxylic acids is 1. The lowest BCUT2D eigenvalue weighted by Crippen LogP contribution is -2.49. The van der Waals surface area contributed by atoms with Gasteiger partial charge in [-0.15, -0.1) is 0 Å². The van der Waals surface area contributed by atoms with Gasteiger partial charge in [-0.05, 0) is 38.1 Å². The van der Waals surface area contributed by atoms with Crippen molar-refractivity contribution in [2.24, 2.45) is 5.92 Å². The molecule has 0 saturated carbocycles. The number of carbonyl (C=O) groups is 1. The van der Waals surface area contributed by atoms with E-state index in [9.17, 15) is 9.90 Å². The number of aliphatic hydroxyl groups is 1. The fourth-order valence-electron chi connectivity index (χ4n) is 3.85. The van der Waals surface area contributed by atoms with E-state index in [2.05, 4.69) is 40.6 Å². The summed E-state index contributed by atoms with van der Waals surface area (Å²) in [6.45, 7) is 7.77. The first-order chi connectivity index (χ1) is 15.9. The number of pyridine rings is 2. The second kappa shape index (κ2) is 11.8. The van der Waals surface area contributed by atoms with Crippen molar-refractivity contribution in [1.29, 1.82) is 0 Å². The van der Waals surface area contributed by atoms with E-state index in [1.165, 1.54) is 0 Å². The summed E-state index contributed by atoms with van der Waals surface area (Å²) in [6, 6.07) is 5.43. The highest BCUT2D eigenvalue weighted by Gasteiger charge is 2.34. The lowest BCUT2D eigenvalue weighted by atomic mass is 9.99. The standard InChI is InChI=1S/C26H34N4O3/c1-5-6-7-9-21-12-23-25(28-14-21)33-24(17-29(4)16-22-10-8-11-27-13-22)19(2)15-30(26(23)32)20(3)18-31/h8,10-14,19-20,24,31H,5-6,15-18H2,1-4H3/t19-,20+,24-/m0/s1. The molecule has 0 saturated heterocycles. The Morgan fingerprint density at radius 3 is 2.91 bits per heavy atom. The molecular formula is C26H34N4O3. The van der Waals surface area contributed by atoms with Gasteiger partial charge in [0.1, 0.15) is 11.7 Å². The van der Waals surface area contributed by atoms with Gasteiger partial charge in [0.15, 0.2) is 0 Å². The maximum absolute atomic E-state index is 13.4. The summed E-state index contributed by atoms with van der Waals surface area (Å²) in [4.78, 5) is 26.0. The maximum Gasteiger partial charge on any atom is 0.259 e. The summed E-state index contributed by atoms with van der Waals surface area (Å²) >= 11 is 0. The lowest BCUT2D eigenvalue weighted by molar-refractivity contribution is 0.0325. The highest BCUT2D eigenvalue weighted by molar-refractivity contribution is 5.97. The number of nitrogens with zero attached hydrogens (tertiary/aromatic N) is 4. The minimum atomic E-state index is -0.311. The van der Waals surface area contributed by atoms with Gasteiger partial charge in [0, 0.05) is 56.1 Å². The van der Waals surface area contributed by atoms with Crippen LogP contribution in [0.25, 0.3) is 0 Å². The molecule has 1 N–H and O–H groups in total. The molecule has 2 aromatic heterocycles. The third kappa shape index (κ3) is 6.53. The monoisotopic (exact) mass is 450 g/mol. The average molecular weight is 451 g/mol. The molecule has 3 rings (SSSR count). The zero-order valence-corrected chi connectivity index (χ0v) is 20.0. The molecular weight excluding hydrogens is 416 g/mol. The van der Waals surface area contributed by atoms with Crippen molar-refractivity contribution in [2.45, 2.75) is 52.3 Å². The van der Waals surface area contributed by atoms with Gasteiger partial charge in [0.25, 0.3) is 5.91 Å². The van der Waals surface area contributed by atoms with Crippen LogP contribution >= 0.6 is 0 Å². The minimum Gasteiger partial charge on any atom is -0.472 e. The van der Waals surface area contributed by atoms with Crippen molar-refractivity contribution in [3.05, 3.63) is 53.5 Å². The van der Waals surface area contributed by atoms with Crippen molar-refractivity contribution >= 4 is 5.91 Å². The SMILES string of the molecule is CCCC#Cc1cnc2c(c1)C(=O)N([C@H](C)CO)C[C@H](C)[C@H](CN(C)Cc1cccnc1)O2. The smallest absolute Gasteiger partial charge is 0.259 e. The molecule has 7 nitrogen and oxygen atoms in total. The lowest BCUT2D eigenvalue weighted by Gasteiger charge is -2.37. The molecule has 3 atom stereocenters. The second-order valence-corrected chi connectivity index (χ2v) is 8.81. The van der Waals surface area contributed by atoms with Gasteiger partial charge in [-0.25, -0.2) is 4.98 Å². The zero-order chi connectivity index (χ0) is 23.8. The predicted molar refractivity (Wildman–Crippen MR) is 128 cm³/mol. The third-order valence-electron chi connectivity index (χ3n) is 5.80. The molecule has 2 aromatic rings. The summed E-state index contributed by atoms with van der Waals surface area (Å²) < 4.78 is 6.34. The fraction of sp³-hybridized carbons (Fsp3) is 0.500.